The molecule has 0 atom stereocenters. The van der Waals surface area contributed by atoms with Crippen molar-refractivity contribution in [2.45, 2.75) is 0 Å². The van der Waals surface area contributed by atoms with Crippen LogP contribution in [0.15, 0.2) is 34.9 Å². The van der Waals surface area contributed by atoms with Gasteiger partial charge >= 0.3 is 5.82 Å². The Hall–Kier alpha value is -1.76. The number of halogens is 1. The molecule has 0 radical (unpaired) electrons. The van der Waals surface area contributed by atoms with Crippen LogP contribution in [0, 0.1) is 10.1 Å². The van der Waals surface area contributed by atoms with Gasteiger partial charge in [-0.25, -0.2) is 0 Å². The summed E-state index contributed by atoms with van der Waals surface area (Å²) in [5.74, 6) is -0.272. The second-order valence-electron chi connectivity index (χ2n) is 2.70. The molecule has 0 spiro atoms. The van der Waals surface area contributed by atoms with Crippen molar-refractivity contribution >= 4 is 21.7 Å². The van der Waals surface area contributed by atoms with Crippen molar-refractivity contribution in [1.29, 1.82) is 0 Å². The van der Waals surface area contributed by atoms with E-state index in [-0.39, 0.29) is 5.82 Å². The average molecular weight is 269 g/mol. The van der Waals surface area contributed by atoms with Gasteiger partial charge in [-0.1, -0.05) is 16.9 Å². The molecule has 7 heteroatoms. The molecular weight excluding hydrogens is 264 g/mol. The average Bonchev–Trinajstić information content (AvgIpc) is 2.67. The molecule has 0 amide bonds. The Morgan fingerprint density at radius 2 is 2.13 bits per heavy atom. The van der Waals surface area contributed by atoms with E-state index in [0.29, 0.717) is 5.69 Å². The molecule has 0 saturated carbocycles. The van der Waals surface area contributed by atoms with Crippen molar-refractivity contribution in [3.8, 4) is 5.69 Å². The second kappa shape index (κ2) is 3.77. The number of benzene rings is 1. The van der Waals surface area contributed by atoms with Gasteiger partial charge in [0.1, 0.15) is 5.69 Å². The molecule has 0 N–H and O–H groups in total. The van der Waals surface area contributed by atoms with E-state index in [1.54, 1.807) is 12.1 Å². The highest BCUT2D eigenvalue weighted by Crippen LogP contribution is 2.19. The summed E-state index contributed by atoms with van der Waals surface area (Å²) in [5, 5.41) is 17.9. The summed E-state index contributed by atoms with van der Waals surface area (Å²) in [6.07, 6.45) is 1.11. The van der Waals surface area contributed by atoms with Gasteiger partial charge in [0.05, 0.1) is 5.10 Å². The summed E-state index contributed by atoms with van der Waals surface area (Å²) in [6, 6.07) is 7.21. The third-order valence-electron chi connectivity index (χ3n) is 1.73. The number of rotatable bonds is 2. The zero-order chi connectivity index (χ0) is 10.8. The Labute approximate surface area is 92.8 Å². The Kier molecular flexibility index (Phi) is 2.46. The molecule has 0 aliphatic heterocycles. The van der Waals surface area contributed by atoms with Crippen LogP contribution in [0.2, 0.25) is 0 Å². The fourth-order valence-electron chi connectivity index (χ4n) is 1.07. The molecule has 15 heavy (non-hydrogen) atoms. The molecule has 1 aromatic carbocycles. The van der Waals surface area contributed by atoms with Crippen LogP contribution in [0.25, 0.3) is 5.69 Å². The molecule has 0 bridgehead atoms. The summed E-state index contributed by atoms with van der Waals surface area (Å²) in [7, 11) is 0. The maximum Gasteiger partial charge on any atom is 0.410 e. The van der Waals surface area contributed by atoms with E-state index in [0.717, 1.165) is 10.7 Å². The van der Waals surface area contributed by atoms with E-state index in [9.17, 15) is 10.1 Å². The fourth-order valence-corrected chi connectivity index (χ4v) is 1.51. The van der Waals surface area contributed by atoms with Gasteiger partial charge in [0.25, 0.3) is 0 Å². The van der Waals surface area contributed by atoms with Gasteiger partial charge in [0.15, 0.2) is 6.20 Å². The lowest BCUT2D eigenvalue weighted by atomic mass is 10.3. The molecule has 0 fully saturated rings. The Morgan fingerprint density at radius 3 is 2.73 bits per heavy atom. The highest BCUT2D eigenvalue weighted by Gasteiger charge is 2.15. The third kappa shape index (κ3) is 1.86. The summed E-state index contributed by atoms with van der Waals surface area (Å²) in [4.78, 5) is 11.0. The minimum Gasteiger partial charge on any atom is -0.358 e. The lowest BCUT2D eigenvalue weighted by Crippen LogP contribution is -2.00. The van der Waals surface area contributed by atoms with Crippen LogP contribution in [0.5, 0.6) is 0 Å². The van der Waals surface area contributed by atoms with Gasteiger partial charge in [-0.05, 0) is 33.0 Å². The van der Waals surface area contributed by atoms with Gasteiger partial charge in [0, 0.05) is 4.47 Å². The van der Waals surface area contributed by atoms with Gasteiger partial charge in [-0.2, -0.15) is 0 Å². The minimum atomic E-state index is -0.583. The highest BCUT2D eigenvalue weighted by molar-refractivity contribution is 9.10. The minimum absolute atomic E-state index is 0.272. The first-order valence-electron chi connectivity index (χ1n) is 4.00. The predicted molar refractivity (Wildman–Crippen MR) is 55.7 cm³/mol. The molecule has 76 valence electrons. The van der Waals surface area contributed by atoms with Crippen molar-refractivity contribution in [2.75, 3.05) is 0 Å². The van der Waals surface area contributed by atoms with Crippen LogP contribution >= 0.6 is 15.9 Å². The quantitative estimate of drug-likeness (QED) is 0.616. The molecular formula is C8H5BrN4O2. The van der Waals surface area contributed by atoms with Crippen LogP contribution < -0.4 is 0 Å². The van der Waals surface area contributed by atoms with Gasteiger partial charge in [-0.3, -0.25) is 0 Å². The topological polar surface area (TPSA) is 73.8 Å². The maximum atomic E-state index is 10.4. The van der Waals surface area contributed by atoms with Crippen LogP contribution in [-0.4, -0.2) is 19.9 Å². The van der Waals surface area contributed by atoms with E-state index < -0.39 is 4.92 Å². The van der Waals surface area contributed by atoms with E-state index >= 15 is 0 Å². The molecule has 1 heterocycles. The molecule has 0 aliphatic rings. The standard InChI is InChI=1S/C8H5BrN4O2/c9-6-3-1-2-4-7(6)12-10-5-8(11-12)13(14)15/h1-5H. The van der Waals surface area contributed by atoms with Gasteiger partial charge in [0.2, 0.25) is 0 Å². The van der Waals surface area contributed by atoms with Crippen molar-refractivity contribution < 1.29 is 4.92 Å². The second-order valence-corrected chi connectivity index (χ2v) is 3.56. The lowest BCUT2D eigenvalue weighted by molar-refractivity contribution is -0.389. The lowest BCUT2D eigenvalue weighted by Gasteiger charge is -1.96. The third-order valence-corrected chi connectivity index (χ3v) is 2.41. The van der Waals surface area contributed by atoms with Gasteiger partial charge < -0.3 is 10.1 Å². The Balaban J connectivity index is 2.46. The SMILES string of the molecule is O=[N+]([O-])c1cnn(-c2ccccc2Br)n1. The van der Waals surface area contributed by atoms with E-state index in [1.807, 2.05) is 12.1 Å². The number of hydrogen-bond acceptors (Lipinski definition) is 4. The Morgan fingerprint density at radius 1 is 1.40 bits per heavy atom. The first-order valence-corrected chi connectivity index (χ1v) is 4.79. The van der Waals surface area contributed by atoms with Crippen LogP contribution in [0.1, 0.15) is 0 Å². The Bertz CT molecular complexity index is 511. The van der Waals surface area contributed by atoms with Crippen molar-refractivity contribution in [3.05, 3.63) is 45.0 Å². The predicted octanol–water partition coefficient (Wildman–Crippen LogP) is 1.94. The zero-order valence-electron chi connectivity index (χ0n) is 7.37. The molecule has 0 aliphatic carbocycles. The molecule has 2 rings (SSSR count). The highest BCUT2D eigenvalue weighted by atomic mass is 79.9. The number of para-hydroxylation sites is 1. The van der Waals surface area contributed by atoms with Crippen molar-refractivity contribution in [2.24, 2.45) is 0 Å². The van der Waals surface area contributed by atoms with E-state index in [1.165, 1.54) is 4.80 Å². The van der Waals surface area contributed by atoms with Crippen molar-refractivity contribution in [3.63, 3.8) is 0 Å². The number of aromatic nitrogens is 3. The molecule has 1 aromatic heterocycles. The summed E-state index contributed by atoms with van der Waals surface area (Å²) in [5.41, 5.74) is 0.658. The van der Waals surface area contributed by atoms with E-state index in [2.05, 4.69) is 26.1 Å². The van der Waals surface area contributed by atoms with Crippen LogP contribution in [-0.2, 0) is 0 Å². The molecule has 0 saturated heterocycles. The zero-order valence-corrected chi connectivity index (χ0v) is 8.96. The van der Waals surface area contributed by atoms with Crippen molar-refractivity contribution in [1.82, 2.24) is 15.0 Å². The monoisotopic (exact) mass is 268 g/mol. The largest absolute Gasteiger partial charge is 0.410 e. The molecule has 0 unspecified atom stereocenters. The normalized spacial score (nSPS) is 10.2. The first-order chi connectivity index (χ1) is 7.18. The van der Waals surface area contributed by atoms with E-state index in [4.69, 9.17) is 0 Å². The summed E-state index contributed by atoms with van der Waals surface area (Å²) >= 11 is 3.31. The molecule has 2 aromatic rings. The number of nitro groups is 1. The smallest absolute Gasteiger partial charge is 0.358 e. The maximum absolute atomic E-state index is 10.4. The fraction of sp³-hybridized carbons (Fsp3) is 0. The number of nitrogens with zero attached hydrogens (tertiary/aromatic N) is 4. The molecule has 6 nitrogen and oxygen atoms in total. The summed E-state index contributed by atoms with van der Waals surface area (Å²) in [6.45, 7) is 0. The van der Waals surface area contributed by atoms with Crippen LogP contribution in [0.4, 0.5) is 5.82 Å². The van der Waals surface area contributed by atoms with Crippen LogP contribution in [0.3, 0.4) is 0 Å². The summed E-state index contributed by atoms with van der Waals surface area (Å²) < 4.78 is 0.774. The van der Waals surface area contributed by atoms with Gasteiger partial charge in [-0.15, -0.1) is 5.10 Å². The first kappa shape index (κ1) is 9.78. The number of hydrogen-bond donors (Lipinski definition) is 0.